The van der Waals surface area contributed by atoms with Gasteiger partial charge >= 0.3 is 6.03 Å². The molecule has 1 saturated carbocycles. The summed E-state index contributed by atoms with van der Waals surface area (Å²) in [7, 11) is 0. The minimum atomic E-state index is -0.264. The Morgan fingerprint density at radius 1 is 1.11 bits per heavy atom. The average Bonchev–Trinajstić information content (AvgIpc) is 3.17. The number of hydrogen-bond acceptors (Lipinski definition) is 5. The minimum absolute atomic E-state index is 0.00137. The van der Waals surface area contributed by atoms with E-state index in [-0.39, 0.29) is 29.3 Å². The predicted octanol–water partition coefficient (Wildman–Crippen LogP) is 4.32. The van der Waals surface area contributed by atoms with Crippen LogP contribution in [-0.2, 0) is 5.41 Å². The fraction of sp³-hybridized carbons (Fsp3) is 0.308. The van der Waals surface area contributed by atoms with Crippen LogP contribution in [0.15, 0.2) is 54.9 Å². The van der Waals surface area contributed by atoms with Crippen molar-refractivity contribution in [2.45, 2.75) is 37.1 Å². The van der Waals surface area contributed by atoms with Crippen LogP contribution in [0.3, 0.4) is 0 Å². The summed E-state index contributed by atoms with van der Waals surface area (Å²) in [6.07, 6.45) is 7.60. The summed E-state index contributed by atoms with van der Waals surface area (Å²) >= 11 is 0. The number of anilines is 2. The SMILES string of the molecule is Nc1nc2cc(-c3cnc4c(c3)N(C(=O)N3CCC[C@H]3c3ccc(F)cc3)CC43CC3)ccn2n1. The zero-order chi connectivity index (χ0) is 23.7. The van der Waals surface area contributed by atoms with E-state index in [0.29, 0.717) is 18.7 Å². The number of rotatable bonds is 2. The number of aromatic nitrogens is 4. The molecule has 3 aliphatic rings. The summed E-state index contributed by atoms with van der Waals surface area (Å²) in [4.78, 5) is 26.9. The zero-order valence-electron chi connectivity index (χ0n) is 19.1. The van der Waals surface area contributed by atoms with Crippen LogP contribution >= 0.6 is 0 Å². The molecule has 5 heterocycles. The number of nitrogens with zero attached hydrogens (tertiary/aromatic N) is 6. The Morgan fingerprint density at radius 2 is 1.94 bits per heavy atom. The predicted molar refractivity (Wildman–Crippen MR) is 129 cm³/mol. The van der Waals surface area contributed by atoms with Gasteiger partial charge in [0, 0.05) is 36.5 Å². The topological polar surface area (TPSA) is 92.6 Å². The van der Waals surface area contributed by atoms with Crippen molar-refractivity contribution in [2.24, 2.45) is 0 Å². The van der Waals surface area contributed by atoms with Crippen molar-refractivity contribution in [3.63, 3.8) is 0 Å². The van der Waals surface area contributed by atoms with Crippen molar-refractivity contribution in [1.29, 1.82) is 0 Å². The summed E-state index contributed by atoms with van der Waals surface area (Å²) in [6.45, 7) is 1.35. The van der Waals surface area contributed by atoms with Crippen LogP contribution in [0, 0.1) is 5.82 Å². The number of nitrogen functional groups attached to an aromatic ring is 1. The lowest BCUT2D eigenvalue weighted by Gasteiger charge is -2.30. The van der Waals surface area contributed by atoms with Crippen LogP contribution in [0.25, 0.3) is 16.8 Å². The Kier molecular flexibility index (Phi) is 4.22. The van der Waals surface area contributed by atoms with Gasteiger partial charge in [-0.3, -0.25) is 9.88 Å². The van der Waals surface area contributed by atoms with E-state index in [2.05, 4.69) is 16.1 Å². The molecule has 1 spiro atoms. The lowest BCUT2D eigenvalue weighted by Crippen LogP contribution is -2.43. The first-order valence-corrected chi connectivity index (χ1v) is 12.0. The molecule has 7 rings (SSSR count). The highest BCUT2D eigenvalue weighted by atomic mass is 19.1. The van der Waals surface area contributed by atoms with Crippen molar-refractivity contribution < 1.29 is 9.18 Å². The van der Waals surface area contributed by atoms with Gasteiger partial charge in [-0.25, -0.2) is 13.7 Å². The molecule has 1 atom stereocenters. The van der Waals surface area contributed by atoms with Gasteiger partial charge in [0.15, 0.2) is 5.65 Å². The maximum atomic E-state index is 13.9. The second-order valence-electron chi connectivity index (χ2n) is 9.83. The molecule has 1 aliphatic carbocycles. The molecule has 4 aromatic rings. The molecule has 1 saturated heterocycles. The monoisotopic (exact) mass is 469 g/mol. The Bertz CT molecular complexity index is 1480. The van der Waals surface area contributed by atoms with Crippen LogP contribution in [0.2, 0.25) is 0 Å². The van der Waals surface area contributed by atoms with Gasteiger partial charge in [-0.15, -0.1) is 5.10 Å². The van der Waals surface area contributed by atoms with Crippen LogP contribution in [0.5, 0.6) is 0 Å². The molecule has 2 fully saturated rings. The fourth-order valence-corrected chi connectivity index (χ4v) is 5.67. The molecule has 2 N–H and O–H groups in total. The molecule has 1 aromatic carbocycles. The number of carbonyl (C=O) groups is 1. The maximum Gasteiger partial charge on any atom is 0.325 e. The van der Waals surface area contributed by atoms with E-state index in [1.54, 1.807) is 16.6 Å². The van der Waals surface area contributed by atoms with Gasteiger partial charge in [0.1, 0.15) is 5.82 Å². The number of fused-ring (bicyclic) bond motifs is 3. The number of carbonyl (C=O) groups excluding carboxylic acids is 1. The first-order chi connectivity index (χ1) is 17.0. The van der Waals surface area contributed by atoms with E-state index >= 15 is 0 Å². The second-order valence-corrected chi connectivity index (χ2v) is 9.83. The molecular formula is C26H24FN7O. The standard InChI is InChI=1S/C26H24FN7O/c27-19-5-3-16(4-6-19)20-2-1-10-32(20)25(35)33-15-26(8-9-26)23-21(33)12-18(14-29-23)17-7-11-34-22(13-17)30-24(28)31-34/h3-7,11-14,20H,1-2,8-10,15H2,(H2,28,31)/t20-/m0/s1. The summed E-state index contributed by atoms with van der Waals surface area (Å²) in [6, 6.07) is 12.4. The van der Waals surface area contributed by atoms with Crippen LogP contribution in [0.1, 0.15) is 43.0 Å². The molecule has 0 unspecified atom stereocenters. The summed E-state index contributed by atoms with van der Waals surface area (Å²) in [5.41, 5.74) is 11.1. The Hall–Kier alpha value is -4.01. The van der Waals surface area contributed by atoms with Crippen molar-refractivity contribution in [1.82, 2.24) is 24.5 Å². The molecule has 2 amide bonds. The van der Waals surface area contributed by atoms with Crippen molar-refractivity contribution in [3.05, 3.63) is 71.9 Å². The number of pyridine rings is 2. The first kappa shape index (κ1) is 20.4. The highest BCUT2D eigenvalue weighted by Gasteiger charge is 2.55. The van der Waals surface area contributed by atoms with E-state index in [1.807, 2.05) is 34.3 Å². The van der Waals surface area contributed by atoms with Gasteiger partial charge in [0.25, 0.3) is 0 Å². The van der Waals surface area contributed by atoms with Crippen LogP contribution in [-0.4, -0.2) is 43.6 Å². The quantitative estimate of drug-likeness (QED) is 0.472. The zero-order valence-corrected chi connectivity index (χ0v) is 19.1. The lowest BCUT2D eigenvalue weighted by molar-refractivity contribution is 0.200. The van der Waals surface area contributed by atoms with Gasteiger partial charge in [-0.2, -0.15) is 4.98 Å². The van der Waals surface area contributed by atoms with Gasteiger partial charge in [0.2, 0.25) is 5.95 Å². The normalized spacial score (nSPS) is 20.1. The maximum absolute atomic E-state index is 13.9. The summed E-state index contributed by atoms with van der Waals surface area (Å²) in [5, 5.41) is 4.14. The number of likely N-dealkylation sites (tertiary alicyclic amines) is 1. The highest BCUT2D eigenvalue weighted by Crippen LogP contribution is 2.56. The van der Waals surface area contributed by atoms with Gasteiger partial charge in [-0.1, -0.05) is 12.1 Å². The molecular weight excluding hydrogens is 445 g/mol. The van der Waals surface area contributed by atoms with E-state index in [9.17, 15) is 9.18 Å². The van der Waals surface area contributed by atoms with Crippen LogP contribution in [0.4, 0.5) is 20.8 Å². The van der Waals surface area contributed by atoms with Crippen molar-refractivity contribution >= 4 is 23.3 Å². The molecule has 3 aromatic heterocycles. The number of hydrogen-bond donors (Lipinski definition) is 1. The average molecular weight is 470 g/mol. The summed E-state index contributed by atoms with van der Waals surface area (Å²) in [5.74, 6) is -0.0395. The van der Waals surface area contributed by atoms with Gasteiger partial charge in [-0.05, 0) is 67.1 Å². The molecule has 0 radical (unpaired) electrons. The lowest BCUT2D eigenvalue weighted by atomic mass is 10.0. The van der Waals surface area contributed by atoms with Gasteiger partial charge in [0.05, 0.1) is 17.4 Å². The number of halogens is 1. The third-order valence-electron chi connectivity index (χ3n) is 7.65. The summed E-state index contributed by atoms with van der Waals surface area (Å²) < 4.78 is 15.1. The molecule has 2 aliphatic heterocycles. The number of benzene rings is 1. The van der Waals surface area contributed by atoms with Crippen molar-refractivity contribution in [2.75, 3.05) is 23.7 Å². The van der Waals surface area contributed by atoms with Gasteiger partial charge < -0.3 is 10.6 Å². The largest absolute Gasteiger partial charge is 0.366 e. The van der Waals surface area contributed by atoms with Crippen LogP contribution < -0.4 is 10.6 Å². The first-order valence-electron chi connectivity index (χ1n) is 12.0. The number of nitrogens with two attached hydrogens (primary N) is 1. The Morgan fingerprint density at radius 3 is 2.74 bits per heavy atom. The number of amides is 2. The molecule has 0 bridgehead atoms. The second kappa shape index (κ2) is 7.24. The highest BCUT2D eigenvalue weighted by molar-refractivity contribution is 5.96. The third kappa shape index (κ3) is 3.18. The Labute approximate surface area is 201 Å². The smallest absolute Gasteiger partial charge is 0.325 e. The number of urea groups is 1. The van der Waals surface area contributed by atoms with E-state index in [4.69, 9.17) is 10.7 Å². The van der Waals surface area contributed by atoms with E-state index in [1.165, 1.54) is 12.1 Å². The third-order valence-corrected chi connectivity index (χ3v) is 7.65. The van der Waals surface area contributed by atoms with E-state index in [0.717, 1.165) is 53.8 Å². The minimum Gasteiger partial charge on any atom is -0.366 e. The Balaban J connectivity index is 1.25. The molecule has 9 heteroatoms. The van der Waals surface area contributed by atoms with Crippen molar-refractivity contribution in [3.8, 4) is 11.1 Å². The van der Waals surface area contributed by atoms with E-state index < -0.39 is 0 Å². The molecule has 8 nitrogen and oxygen atoms in total. The molecule has 35 heavy (non-hydrogen) atoms. The molecule has 176 valence electrons. The fourth-order valence-electron chi connectivity index (χ4n) is 5.67.